The Morgan fingerprint density at radius 1 is 0.667 bits per heavy atom. The van der Waals surface area contributed by atoms with E-state index in [9.17, 15) is 0 Å². The van der Waals surface area contributed by atoms with E-state index in [0.717, 1.165) is 0 Å². The molecule has 0 fully saturated rings. The average Bonchev–Trinajstić information content (AvgIpc) is 2.10. The Balaban J connectivity index is 2.73. The van der Waals surface area contributed by atoms with Gasteiger partial charge in [0, 0.05) is 11.8 Å². The molecule has 5 heteroatoms. The predicted molar refractivity (Wildman–Crippen MR) is 49.0 cm³/mol. The van der Waals surface area contributed by atoms with Crippen molar-refractivity contribution < 1.29 is 14.2 Å². The molecule has 0 saturated heterocycles. The van der Waals surface area contributed by atoms with E-state index in [1.807, 2.05) is 0 Å². The predicted octanol–water partition coefficient (Wildman–Crippen LogP) is 1.47. The molecule has 0 bridgehead atoms. The fraction of sp³-hybridized carbons (Fsp3) is 1.00. The molecule has 0 spiro atoms. The number of ether oxygens (including phenoxy) is 3. The molecule has 0 amide bonds. The van der Waals surface area contributed by atoms with Gasteiger partial charge in [0.15, 0.2) is 0 Å². The van der Waals surface area contributed by atoms with Crippen molar-refractivity contribution in [1.82, 2.24) is 0 Å². The summed E-state index contributed by atoms with van der Waals surface area (Å²) >= 11 is 10.7. The van der Waals surface area contributed by atoms with Crippen LogP contribution in [0, 0.1) is 0 Å². The van der Waals surface area contributed by atoms with E-state index in [2.05, 4.69) is 0 Å². The van der Waals surface area contributed by atoms with E-state index in [4.69, 9.17) is 37.4 Å². The number of halogens is 2. The molecule has 74 valence electrons. The van der Waals surface area contributed by atoms with Gasteiger partial charge in [-0.05, 0) is 0 Å². The quantitative estimate of drug-likeness (QED) is 0.332. The summed E-state index contributed by atoms with van der Waals surface area (Å²) in [6.07, 6.45) is 0. The van der Waals surface area contributed by atoms with E-state index < -0.39 is 0 Å². The molecule has 0 rings (SSSR count). The summed E-state index contributed by atoms with van der Waals surface area (Å²) in [7, 11) is 0. The van der Waals surface area contributed by atoms with Crippen LogP contribution in [0.3, 0.4) is 0 Å². The Kier molecular flexibility index (Phi) is 11.9. The van der Waals surface area contributed by atoms with Gasteiger partial charge in [-0.25, -0.2) is 0 Å². The number of rotatable bonds is 9. The van der Waals surface area contributed by atoms with Crippen LogP contribution in [0.4, 0.5) is 0 Å². The van der Waals surface area contributed by atoms with Gasteiger partial charge in [-0.1, -0.05) is 0 Å². The molecule has 0 saturated carbocycles. The molecule has 0 aliphatic carbocycles. The van der Waals surface area contributed by atoms with Crippen LogP contribution < -0.4 is 0 Å². The topological polar surface area (TPSA) is 27.7 Å². The molecule has 0 heterocycles. The molecule has 0 N–H and O–H groups in total. The number of alkyl halides is 2. The van der Waals surface area contributed by atoms with E-state index >= 15 is 0 Å². The maximum atomic E-state index is 5.38. The molecule has 0 aliphatic heterocycles. The van der Waals surface area contributed by atoms with E-state index in [1.165, 1.54) is 0 Å². The van der Waals surface area contributed by atoms with Crippen molar-refractivity contribution in [3.05, 3.63) is 0 Å². The van der Waals surface area contributed by atoms with Crippen LogP contribution in [-0.2, 0) is 14.2 Å². The molecule has 0 atom stereocenters. The minimum atomic E-state index is 0.275. The van der Waals surface area contributed by atoms with Crippen molar-refractivity contribution >= 4 is 23.2 Å². The largest absolute Gasteiger partial charge is 0.378 e. The highest BCUT2D eigenvalue weighted by atomic mass is 35.5. The smallest absolute Gasteiger partial charge is 0.146 e. The highest BCUT2D eigenvalue weighted by Gasteiger charge is 1.88. The van der Waals surface area contributed by atoms with Crippen molar-refractivity contribution in [2.45, 2.75) is 0 Å². The van der Waals surface area contributed by atoms with E-state index in [1.54, 1.807) is 0 Å². The van der Waals surface area contributed by atoms with E-state index in [0.29, 0.717) is 38.2 Å². The summed E-state index contributed by atoms with van der Waals surface area (Å²) < 4.78 is 15.0. The van der Waals surface area contributed by atoms with Gasteiger partial charge in [0.2, 0.25) is 0 Å². The van der Waals surface area contributed by atoms with Crippen LogP contribution in [0.25, 0.3) is 0 Å². The van der Waals surface area contributed by atoms with Gasteiger partial charge in [-0.15, -0.1) is 23.2 Å². The Labute approximate surface area is 82.9 Å². The first-order chi connectivity index (χ1) is 5.91. The Bertz CT molecular complexity index is 73.1. The van der Waals surface area contributed by atoms with Gasteiger partial charge in [-0.2, -0.15) is 0 Å². The summed E-state index contributed by atoms with van der Waals surface area (Å²) in [5, 5.41) is 0. The van der Waals surface area contributed by atoms with Crippen molar-refractivity contribution in [2.75, 3.05) is 45.0 Å². The third kappa shape index (κ3) is 10.5. The second kappa shape index (κ2) is 11.5. The Morgan fingerprint density at radius 3 is 1.83 bits per heavy atom. The zero-order chi connectivity index (χ0) is 9.07. The van der Waals surface area contributed by atoms with Gasteiger partial charge < -0.3 is 14.2 Å². The van der Waals surface area contributed by atoms with Gasteiger partial charge in [-0.3, -0.25) is 0 Å². The Hall–Kier alpha value is 0.460. The maximum Gasteiger partial charge on any atom is 0.146 e. The molecular weight excluding hydrogens is 203 g/mol. The van der Waals surface area contributed by atoms with Crippen molar-refractivity contribution in [1.29, 1.82) is 0 Å². The van der Waals surface area contributed by atoms with Crippen molar-refractivity contribution in [2.24, 2.45) is 0 Å². The summed E-state index contributed by atoms with van der Waals surface area (Å²) in [6, 6.07) is 0. The lowest BCUT2D eigenvalue weighted by molar-refractivity contribution is -0.0641. The van der Waals surface area contributed by atoms with Crippen LogP contribution >= 0.6 is 23.2 Å². The minimum Gasteiger partial charge on any atom is -0.378 e. The van der Waals surface area contributed by atoms with Gasteiger partial charge in [0.1, 0.15) is 6.79 Å². The third-order valence-electron chi connectivity index (χ3n) is 0.982. The van der Waals surface area contributed by atoms with Crippen LogP contribution in [0.2, 0.25) is 0 Å². The van der Waals surface area contributed by atoms with Crippen LogP contribution in [0.1, 0.15) is 0 Å². The highest BCUT2D eigenvalue weighted by Crippen LogP contribution is 1.83. The van der Waals surface area contributed by atoms with Gasteiger partial charge >= 0.3 is 0 Å². The SMILES string of the molecule is ClCCOCCOCOCCCl. The molecule has 0 aromatic heterocycles. The average molecular weight is 217 g/mol. The maximum absolute atomic E-state index is 5.38. The van der Waals surface area contributed by atoms with Crippen molar-refractivity contribution in [3.8, 4) is 0 Å². The first-order valence-electron chi connectivity index (χ1n) is 3.77. The molecule has 0 aromatic rings. The molecule has 12 heavy (non-hydrogen) atoms. The monoisotopic (exact) mass is 216 g/mol. The zero-order valence-corrected chi connectivity index (χ0v) is 8.44. The van der Waals surface area contributed by atoms with Crippen molar-refractivity contribution in [3.63, 3.8) is 0 Å². The van der Waals surface area contributed by atoms with Crippen LogP contribution in [0.5, 0.6) is 0 Å². The highest BCUT2D eigenvalue weighted by molar-refractivity contribution is 6.18. The second-order valence-corrected chi connectivity index (χ2v) is 2.68. The molecule has 0 unspecified atom stereocenters. The lowest BCUT2D eigenvalue weighted by Crippen LogP contribution is -2.09. The summed E-state index contributed by atoms with van der Waals surface area (Å²) in [5.74, 6) is 1.01. The minimum absolute atomic E-state index is 0.275. The fourth-order valence-electron chi connectivity index (χ4n) is 0.506. The van der Waals surface area contributed by atoms with Gasteiger partial charge in [0.25, 0.3) is 0 Å². The number of hydrogen-bond acceptors (Lipinski definition) is 3. The molecule has 0 radical (unpaired) electrons. The number of hydrogen-bond donors (Lipinski definition) is 0. The molecule has 0 aromatic carbocycles. The lowest BCUT2D eigenvalue weighted by atomic mass is 10.7. The van der Waals surface area contributed by atoms with E-state index in [-0.39, 0.29) is 6.79 Å². The second-order valence-electron chi connectivity index (χ2n) is 1.92. The summed E-state index contributed by atoms with van der Waals surface area (Å²) in [6.45, 7) is 2.44. The third-order valence-corrected chi connectivity index (χ3v) is 1.29. The van der Waals surface area contributed by atoms with Gasteiger partial charge in [0.05, 0.1) is 26.4 Å². The molecule has 0 aliphatic rings. The first-order valence-corrected chi connectivity index (χ1v) is 4.84. The summed E-state index contributed by atoms with van der Waals surface area (Å²) in [5.41, 5.74) is 0. The standard InChI is InChI=1S/C7H14Cl2O3/c8-1-3-10-5-6-12-7-11-4-2-9/h1-7H2. The summed E-state index contributed by atoms with van der Waals surface area (Å²) in [4.78, 5) is 0. The molecule has 3 nitrogen and oxygen atoms in total. The van der Waals surface area contributed by atoms with Crippen LogP contribution in [0.15, 0.2) is 0 Å². The normalized spacial score (nSPS) is 10.5. The Morgan fingerprint density at radius 2 is 1.17 bits per heavy atom. The fourth-order valence-corrected chi connectivity index (χ4v) is 0.724. The van der Waals surface area contributed by atoms with Crippen LogP contribution in [-0.4, -0.2) is 45.0 Å². The lowest BCUT2D eigenvalue weighted by Gasteiger charge is -2.04. The molecular formula is C7H14Cl2O3. The zero-order valence-electron chi connectivity index (χ0n) is 6.93. The first kappa shape index (κ1) is 12.5.